The Kier molecular flexibility index (Phi) is 11.2. The van der Waals surface area contributed by atoms with Crippen molar-refractivity contribution in [3.05, 3.63) is 12.3 Å². The Balaban J connectivity index is 2.55. The highest BCUT2D eigenvalue weighted by Gasteiger charge is 2.33. The maximum atomic E-state index is 12.7. The van der Waals surface area contributed by atoms with E-state index < -0.39 is 6.04 Å². The Labute approximate surface area is 179 Å². The molecule has 1 aliphatic rings. The second kappa shape index (κ2) is 13.1. The van der Waals surface area contributed by atoms with Crippen LogP contribution in [0.2, 0.25) is 0 Å². The van der Waals surface area contributed by atoms with Crippen LogP contribution in [0.3, 0.4) is 0 Å². The number of hydrogen-bond donors (Lipinski definition) is 6. The molecule has 1 fully saturated rings. The van der Waals surface area contributed by atoms with Crippen molar-refractivity contribution in [2.24, 2.45) is 16.5 Å². The Hall–Kier alpha value is -2.33. The van der Waals surface area contributed by atoms with Crippen LogP contribution in [0.4, 0.5) is 0 Å². The van der Waals surface area contributed by atoms with E-state index in [-0.39, 0.29) is 42.5 Å². The minimum atomic E-state index is -0.548. The van der Waals surface area contributed by atoms with Crippen molar-refractivity contribution < 1.29 is 14.7 Å². The van der Waals surface area contributed by atoms with Crippen molar-refractivity contribution in [2.45, 2.75) is 70.6 Å². The van der Waals surface area contributed by atoms with Crippen LogP contribution in [0, 0.1) is 0 Å². The minimum Gasteiger partial charge on any atom is -0.394 e. The molecule has 10 nitrogen and oxygen atoms in total. The maximum absolute atomic E-state index is 12.7. The van der Waals surface area contributed by atoms with Crippen molar-refractivity contribution in [2.75, 3.05) is 26.2 Å². The zero-order chi connectivity index (χ0) is 22.7. The fourth-order valence-corrected chi connectivity index (χ4v) is 3.56. The number of nitrogens with one attached hydrogen (secondary N) is 3. The summed E-state index contributed by atoms with van der Waals surface area (Å²) in [6, 6.07) is -1.32. The average Bonchev–Trinajstić information content (AvgIpc) is 3.19. The van der Waals surface area contributed by atoms with Gasteiger partial charge in [0.1, 0.15) is 6.04 Å². The molecule has 0 aromatic heterocycles. The van der Waals surface area contributed by atoms with Gasteiger partial charge in [-0.15, -0.1) is 0 Å². The fraction of sp³-hybridized carbons (Fsp3) is 0.750. The Morgan fingerprint density at radius 1 is 1.27 bits per heavy atom. The lowest BCUT2D eigenvalue weighted by Gasteiger charge is -2.31. The summed E-state index contributed by atoms with van der Waals surface area (Å²) in [6.45, 7) is 11.3. The van der Waals surface area contributed by atoms with Gasteiger partial charge in [0.15, 0.2) is 5.96 Å². The molecule has 30 heavy (non-hydrogen) atoms. The third-order valence-electron chi connectivity index (χ3n) is 5.19. The number of nitrogens with zero attached hydrogens (tertiary/aromatic N) is 2. The Morgan fingerprint density at radius 2 is 1.97 bits per heavy atom. The van der Waals surface area contributed by atoms with Crippen molar-refractivity contribution >= 4 is 17.8 Å². The summed E-state index contributed by atoms with van der Waals surface area (Å²) >= 11 is 0. The van der Waals surface area contributed by atoms with E-state index in [4.69, 9.17) is 11.5 Å². The van der Waals surface area contributed by atoms with E-state index in [9.17, 15) is 14.7 Å². The molecular weight excluding hydrogens is 386 g/mol. The molecule has 10 heteroatoms. The van der Waals surface area contributed by atoms with E-state index in [1.54, 1.807) is 6.92 Å². The molecule has 0 spiro atoms. The highest BCUT2D eigenvalue weighted by molar-refractivity contribution is 5.83. The Bertz CT molecular complexity index is 607. The number of aliphatic imine (C=N–C) groups is 1. The molecule has 1 heterocycles. The number of carbonyl (C=O) groups is 2. The molecule has 0 radical (unpaired) electrons. The predicted molar refractivity (Wildman–Crippen MR) is 119 cm³/mol. The lowest BCUT2D eigenvalue weighted by molar-refractivity contribution is -0.133. The molecule has 0 aliphatic carbocycles. The molecule has 0 aromatic carbocycles. The van der Waals surface area contributed by atoms with Crippen molar-refractivity contribution in [1.82, 2.24) is 20.9 Å². The average molecular weight is 426 g/mol. The van der Waals surface area contributed by atoms with Gasteiger partial charge in [0.25, 0.3) is 0 Å². The van der Waals surface area contributed by atoms with Crippen LogP contribution < -0.4 is 27.4 Å². The number of guanidine groups is 1. The van der Waals surface area contributed by atoms with Crippen LogP contribution in [-0.4, -0.2) is 78.2 Å². The van der Waals surface area contributed by atoms with Crippen LogP contribution in [0.5, 0.6) is 0 Å². The number of hydrogen-bond acceptors (Lipinski definition) is 6. The first kappa shape index (κ1) is 25.7. The van der Waals surface area contributed by atoms with Gasteiger partial charge < -0.3 is 37.4 Å². The maximum Gasteiger partial charge on any atom is 0.242 e. The van der Waals surface area contributed by atoms with E-state index in [1.165, 1.54) is 0 Å². The SMILES string of the molecule is C=C(N[C@@H](C)C(=O)N[C@H](CO)CCCN=C(N)N)[C@@H]1CCCN1C(=O)[C@H](C)NCC. The van der Waals surface area contributed by atoms with E-state index in [0.29, 0.717) is 31.6 Å². The van der Waals surface area contributed by atoms with E-state index in [1.807, 2.05) is 18.7 Å². The Morgan fingerprint density at radius 3 is 2.57 bits per heavy atom. The van der Waals surface area contributed by atoms with Crippen LogP contribution in [0.25, 0.3) is 0 Å². The molecular formula is C20H39N7O3. The second-order valence-corrected chi connectivity index (χ2v) is 7.70. The lowest BCUT2D eigenvalue weighted by Crippen LogP contribution is -2.51. The van der Waals surface area contributed by atoms with Crippen molar-refractivity contribution in [3.8, 4) is 0 Å². The summed E-state index contributed by atoms with van der Waals surface area (Å²) in [5.74, 6) is -0.176. The summed E-state index contributed by atoms with van der Waals surface area (Å²) in [4.78, 5) is 30.9. The number of amides is 2. The molecule has 1 aliphatic heterocycles. The normalized spacial score (nSPS) is 18.9. The molecule has 172 valence electrons. The zero-order valence-corrected chi connectivity index (χ0v) is 18.5. The number of aliphatic hydroxyl groups excluding tert-OH is 1. The van der Waals surface area contributed by atoms with Gasteiger partial charge in [0.05, 0.1) is 24.7 Å². The van der Waals surface area contributed by atoms with Crippen LogP contribution in [0.15, 0.2) is 17.3 Å². The second-order valence-electron chi connectivity index (χ2n) is 7.70. The van der Waals surface area contributed by atoms with E-state index in [2.05, 4.69) is 27.5 Å². The largest absolute Gasteiger partial charge is 0.394 e. The number of rotatable bonds is 13. The molecule has 2 amide bonds. The van der Waals surface area contributed by atoms with Gasteiger partial charge >= 0.3 is 0 Å². The monoisotopic (exact) mass is 425 g/mol. The van der Waals surface area contributed by atoms with Crippen LogP contribution >= 0.6 is 0 Å². The van der Waals surface area contributed by atoms with Crippen molar-refractivity contribution in [3.63, 3.8) is 0 Å². The first-order valence-electron chi connectivity index (χ1n) is 10.7. The summed E-state index contributed by atoms with van der Waals surface area (Å²) in [7, 11) is 0. The first-order chi connectivity index (χ1) is 14.2. The van der Waals surface area contributed by atoms with E-state index in [0.717, 1.165) is 19.4 Å². The van der Waals surface area contributed by atoms with E-state index >= 15 is 0 Å². The van der Waals surface area contributed by atoms with Crippen molar-refractivity contribution in [1.29, 1.82) is 0 Å². The smallest absolute Gasteiger partial charge is 0.242 e. The first-order valence-corrected chi connectivity index (χ1v) is 10.7. The summed E-state index contributed by atoms with van der Waals surface area (Å²) in [5, 5.41) is 18.6. The third-order valence-corrected chi connectivity index (χ3v) is 5.19. The standard InChI is InChI=1S/C20H39N7O3/c1-5-23-15(4)19(30)27-11-7-9-17(27)13(2)25-14(3)18(29)26-16(12-28)8-6-10-24-20(21)22/h14-17,23,25,28H,2,5-12H2,1,3-4H3,(H,26,29)(H4,21,22,24)/t14-,15-,16-,17-/m0/s1. The van der Waals surface area contributed by atoms with Gasteiger partial charge in [0.2, 0.25) is 11.8 Å². The predicted octanol–water partition coefficient (Wildman–Crippen LogP) is -1.00. The molecule has 0 bridgehead atoms. The number of aliphatic hydroxyl groups is 1. The highest BCUT2D eigenvalue weighted by Crippen LogP contribution is 2.23. The molecule has 8 N–H and O–H groups in total. The number of likely N-dealkylation sites (N-methyl/N-ethyl adjacent to an activating group) is 1. The lowest BCUT2D eigenvalue weighted by atomic mass is 10.1. The van der Waals surface area contributed by atoms with Crippen LogP contribution in [0.1, 0.15) is 46.5 Å². The molecule has 1 rings (SSSR count). The molecule has 4 atom stereocenters. The topological polar surface area (TPSA) is 158 Å². The van der Waals surface area contributed by atoms with Gasteiger partial charge in [0, 0.05) is 18.8 Å². The molecule has 0 saturated carbocycles. The number of likely N-dealkylation sites (tertiary alicyclic amines) is 1. The van der Waals surface area contributed by atoms with Gasteiger partial charge in [-0.2, -0.15) is 0 Å². The van der Waals surface area contributed by atoms with Gasteiger partial charge in [-0.25, -0.2) is 0 Å². The summed E-state index contributed by atoms with van der Waals surface area (Å²) < 4.78 is 0. The summed E-state index contributed by atoms with van der Waals surface area (Å²) in [5.41, 5.74) is 11.2. The molecule has 0 unspecified atom stereocenters. The minimum absolute atomic E-state index is 0.0234. The summed E-state index contributed by atoms with van der Waals surface area (Å²) in [6.07, 6.45) is 2.91. The highest BCUT2D eigenvalue weighted by atomic mass is 16.3. The quantitative estimate of drug-likeness (QED) is 0.125. The fourth-order valence-electron chi connectivity index (χ4n) is 3.56. The van der Waals surface area contributed by atoms with Gasteiger partial charge in [-0.05, 0) is 46.1 Å². The van der Waals surface area contributed by atoms with Gasteiger partial charge in [-0.1, -0.05) is 13.5 Å². The molecule has 1 saturated heterocycles. The number of carbonyl (C=O) groups excluding carboxylic acids is 2. The van der Waals surface area contributed by atoms with Gasteiger partial charge in [-0.3, -0.25) is 14.6 Å². The zero-order valence-electron chi connectivity index (χ0n) is 18.5. The van der Waals surface area contributed by atoms with Crippen LogP contribution in [-0.2, 0) is 9.59 Å². The third kappa shape index (κ3) is 8.19. The molecule has 0 aromatic rings. The number of nitrogens with two attached hydrogens (primary N) is 2.